The molecule has 0 bridgehead atoms. The van der Waals surface area contributed by atoms with E-state index in [2.05, 4.69) is 4.90 Å². The lowest BCUT2D eigenvalue weighted by Gasteiger charge is -2.53. The van der Waals surface area contributed by atoms with Gasteiger partial charge in [0.25, 0.3) is 0 Å². The zero-order chi connectivity index (χ0) is 14.0. The molecule has 1 unspecified atom stereocenters. The van der Waals surface area contributed by atoms with E-state index in [1.54, 1.807) is 6.07 Å². The third kappa shape index (κ3) is 2.87. The fourth-order valence-corrected chi connectivity index (χ4v) is 3.33. The van der Waals surface area contributed by atoms with Crippen LogP contribution in [0.15, 0.2) is 24.3 Å². The van der Waals surface area contributed by atoms with Gasteiger partial charge in [0.05, 0.1) is 11.7 Å². The predicted molar refractivity (Wildman–Crippen MR) is 75.0 cm³/mol. The van der Waals surface area contributed by atoms with Gasteiger partial charge in [-0.2, -0.15) is 0 Å². The largest absolute Gasteiger partial charge is 0.378 e. The lowest BCUT2D eigenvalue weighted by Crippen LogP contribution is -2.65. The Morgan fingerprint density at radius 1 is 1.40 bits per heavy atom. The Morgan fingerprint density at radius 3 is 2.95 bits per heavy atom. The molecule has 1 aromatic rings. The summed E-state index contributed by atoms with van der Waals surface area (Å²) in [6.45, 7) is 6.00. The topological polar surface area (TPSA) is 21.7 Å². The van der Waals surface area contributed by atoms with E-state index in [0.717, 1.165) is 44.7 Å². The molecule has 0 saturated carbocycles. The van der Waals surface area contributed by atoms with Crippen LogP contribution in [0.5, 0.6) is 0 Å². The molecule has 3 nitrogen and oxygen atoms in total. The van der Waals surface area contributed by atoms with Crippen LogP contribution in [0, 0.1) is 5.82 Å². The summed E-state index contributed by atoms with van der Waals surface area (Å²) in [4.78, 5) is 2.24. The second-order valence-corrected chi connectivity index (χ2v) is 5.84. The summed E-state index contributed by atoms with van der Waals surface area (Å²) >= 11 is 0. The zero-order valence-electron chi connectivity index (χ0n) is 12.0. The van der Waals surface area contributed by atoms with Crippen molar-refractivity contribution in [2.75, 3.05) is 26.3 Å². The molecule has 1 spiro atoms. The lowest BCUT2D eigenvalue weighted by molar-refractivity contribution is -0.198. The highest BCUT2D eigenvalue weighted by Gasteiger charge is 2.47. The van der Waals surface area contributed by atoms with Crippen molar-refractivity contribution < 1.29 is 13.9 Å². The van der Waals surface area contributed by atoms with Crippen molar-refractivity contribution >= 4 is 0 Å². The molecule has 2 aliphatic heterocycles. The number of ether oxygens (including phenoxy) is 2. The zero-order valence-corrected chi connectivity index (χ0v) is 12.0. The second kappa shape index (κ2) is 5.80. The molecule has 2 aliphatic rings. The van der Waals surface area contributed by atoms with Crippen LogP contribution in [0.25, 0.3) is 0 Å². The molecule has 0 N–H and O–H groups in total. The summed E-state index contributed by atoms with van der Waals surface area (Å²) in [5.74, 6) is -0.120. The molecule has 0 radical (unpaired) electrons. The van der Waals surface area contributed by atoms with Crippen LogP contribution in [0.1, 0.15) is 25.3 Å². The molecule has 4 heteroatoms. The third-order valence-corrected chi connectivity index (χ3v) is 4.23. The van der Waals surface area contributed by atoms with Crippen LogP contribution < -0.4 is 0 Å². The van der Waals surface area contributed by atoms with Crippen molar-refractivity contribution in [3.05, 3.63) is 35.6 Å². The molecule has 2 saturated heterocycles. The number of hydrogen-bond donors (Lipinski definition) is 0. The minimum atomic E-state index is -0.120. The highest BCUT2D eigenvalue weighted by molar-refractivity contribution is 5.18. The fourth-order valence-electron chi connectivity index (χ4n) is 3.33. The molecular weight excluding hydrogens is 257 g/mol. The molecule has 0 aromatic heterocycles. The third-order valence-electron chi connectivity index (χ3n) is 4.23. The van der Waals surface area contributed by atoms with E-state index in [9.17, 15) is 4.39 Å². The Bertz CT molecular complexity index is 458. The van der Waals surface area contributed by atoms with Gasteiger partial charge >= 0.3 is 0 Å². The first-order valence-electron chi connectivity index (χ1n) is 7.42. The Kier molecular flexibility index (Phi) is 4.06. The molecule has 110 valence electrons. The van der Waals surface area contributed by atoms with Crippen molar-refractivity contribution in [3.8, 4) is 0 Å². The standard InChI is InChI=1S/C16H22FNO2/c1-2-19-14-7-8-20-16(9-14)11-18(12-16)10-13-5-3-4-6-15(13)17/h3-6,14H,2,7-12H2,1H3. The molecule has 1 atom stereocenters. The summed E-state index contributed by atoms with van der Waals surface area (Å²) in [6.07, 6.45) is 2.28. The predicted octanol–water partition coefficient (Wildman–Crippen LogP) is 2.60. The number of nitrogens with zero attached hydrogens (tertiary/aromatic N) is 1. The molecule has 2 heterocycles. The average molecular weight is 279 g/mol. The lowest BCUT2D eigenvalue weighted by atomic mass is 9.84. The van der Waals surface area contributed by atoms with Gasteiger partial charge in [0.15, 0.2) is 0 Å². The van der Waals surface area contributed by atoms with E-state index in [1.807, 2.05) is 19.1 Å². The van der Waals surface area contributed by atoms with Gasteiger partial charge < -0.3 is 9.47 Å². The minimum absolute atomic E-state index is 0.0522. The smallest absolute Gasteiger partial charge is 0.127 e. The average Bonchev–Trinajstić information content (AvgIpc) is 2.40. The minimum Gasteiger partial charge on any atom is -0.378 e. The maximum Gasteiger partial charge on any atom is 0.127 e. The van der Waals surface area contributed by atoms with E-state index in [4.69, 9.17) is 9.47 Å². The van der Waals surface area contributed by atoms with E-state index in [0.29, 0.717) is 12.6 Å². The maximum atomic E-state index is 13.6. The number of halogens is 1. The fraction of sp³-hybridized carbons (Fsp3) is 0.625. The van der Waals surface area contributed by atoms with Gasteiger partial charge in [-0.25, -0.2) is 4.39 Å². The monoisotopic (exact) mass is 279 g/mol. The second-order valence-electron chi connectivity index (χ2n) is 5.84. The van der Waals surface area contributed by atoms with Gasteiger partial charge in [0, 0.05) is 44.8 Å². The van der Waals surface area contributed by atoms with Gasteiger partial charge in [0.1, 0.15) is 5.82 Å². The van der Waals surface area contributed by atoms with E-state index < -0.39 is 0 Å². The molecule has 20 heavy (non-hydrogen) atoms. The van der Waals surface area contributed by atoms with Gasteiger partial charge in [-0.1, -0.05) is 18.2 Å². The number of likely N-dealkylation sites (tertiary alicyclic amines) is 1. The molecule has 3 rings (SSSR count). The summed E-state index contributed by atoms with van der Waals surface area (Å²) < 4.78 is 25.3. The quantitative estimate of drug-likeness (QED) is 0.845. The van der Waals surface area contributed by atoms with Crippen LogP contribution in [-0.2, 0) is 16.0 Å². The van der Waals surface area contributed by atoms with Crippen molar-refractivity contribution in [1.29, 1.82) is 0 Å². The first-order chi connectivity index (χ1) is 9.71. The first kappa shape index (κ1) is 14.0. The van der Waals surface area contributed by atoms with Crippen molar-refractivity contribution in [2.24, 2.45) is 0 Å². The van der Waals surface area contributed by atoms with Crippen molar-refractivity contribution in [3.63, 3.8) is 0 Å². The Labute approximate surface area is 119 Å². The molecule has 2 fully saturated rings. The summed E-state index contributed by atoms with van der Waals surface area (Å²) in [6, 6.07) is 6.99. The van der Waals surface area contributed by atoms with E-state index >= 15 is 0 Å². The van der Waals surface area contributed by atoms with Crippen molar-refractivity contribution in [2.45, 2.75) is 38.0 Å². The van der Waals surface area contributed by atoms with Crippen LogP contribution >= 0.6 is 0 Å². The van der Waals surface area contributed by atoms with Crippen LogP contribution in [0.4, 0.5) is 4.39 Å². The van der Waals surface area contributed by atoms with Crippen molar-refractivity contribution in [1.82, 2.24) is 4.90 Å². The van der Waals surface area contributed by atoms with Crippen LogP contribution in [0.2, 0.25) is 0 Å². The van der Waals surface area contributed by atoms with Gasteiger partial charge in [0.2, 0.25) is 0 Å². The molecule has 0 aliphatic carbocycles. The Balaban J connectivity index is 1.54. The molecule has 0 amide bonds. The number of rotatable bonds is 4. The summed E-state index contributed by atoms with van der Waals surface area (Å²) in [7, 11) is 0. The Morgan fingerprint density at radius 2 is 2.20 bits per heavy atom. The van der Waals surface area contributed by atoms with Gasteiger partial charge in [-0.3, -0.25) is 4.90 Å². The highest BCUT2D eigenvalue weighted by Crippen LogP contribution is 2.36. The van der Waals surface area contributed by atoms with E-state index in [1.165, 1.54) is 6.07 Å². The molecular formula is C16H22FNO2. The summed E-state index contributed by atoms with van der Waals surface area (Å²) in [5.41, 5.74) is 0.711. The number of benzene rings is 1. The summed E-state index contributed by atoms with van der Waals surface area (Å²) in [5, 5.41) is 0. The maximum absolute atomic E-state index is 13.6. The first-order valence-corrected chi connectivity index (χ1v) is 7.42. The van der Waals surface area contributed by atoms with E-state index in [-0.39, 0.29) is 11.4 Å². The van der Waals surface area contributed by atoms with Crippen LogP contribution in [0.3, 0.4) is 0 Å². The van der Waals surface area contributed by atoms with Gasteiger partial charge in [-0.15, -0.1) is 0 Å². The molecule has 1 aromatic carbocycles. The normalized spacial score (nSPS) is 25.6. The highest BCUT2D eigenvalue weighted by atomic mass is 19.1. The number of hydrogen-bond acceptors (Lipinski definition) is 3. The SMILES string of the molecule is CCOC1CCOC2(C1)CN(Cc1ccccc1F)C2. The van der Waals surface area contributed by atoms with Crippen LogP contribution in [-0.4, -0.2) is 42.9 Å². The Hall–Kier alpha value is -0.970. The van der Waals surface area contributed by atoms with Gasteiger partial charge in [-0.05, 0) is 19.4 Å².